The summed E-state index contributed by atoms with van der Waals surface area (Å²) in [6.07, 6.45) is 0. The van der Waals surface area contributed by atoms with Crippen molar-refractivity contribution in [1.82, 2.24) is 5.32 Å². The molecule has 0 aromatic carbocycles. The monoisotopic (exact) mass is 232 g/mol. The van der Waals surface area contributed by atoms with E-state index in [1.807, 2.05) is 20.8 Å². The molecular formula is C10H20N2O4. The van der Waals surface area contributed by atoms with E-state index in [2.05, 4.69) is 5.32 Å². The van der Waals surface area contributed by atoms with E-state index >= 15 is 0 Å². The van der Waals surface area contributed by atoms with Gasteiger partial charge in [0.05, 0.1) is 25.3 Å². The first-order chi connectivity index (χ1) is 7.31. The average Bonchev–Trinajstić information content (AvgIpc) is 2.10. The van der Waals surface area contributed by atoms with Gasteiger partial charge in [-0.05, 0) is 20.8 Å². The minimum atomic E-state index is -0.510. The van der Waals surface area contributed by atoms with Crippen molar-refractivity contribution in [2.24, 2.45) is 5.73 Å². The fourth-order valence-electron chi connectivity index (χ4n) is 0.842. The minimum Gasteiger partial charge on any atom is -0.462 e. The van der Waals surface area contributed by atoms with Gasteiger partial charge in [0, 0.05) is 0 Å². The molecule has 0 spiro atoms. The quantitative estimate of drug-likeness (QED) is 0.452. The summed E-state index contributed by atoms with van der Waals surface area (Å²) < 4.78 is 10.2. The lowest BCUT2D eigenvalue weighted by atomic mass is 10.2. The maximum atomic E-state index is 11.1. The molecule has 16 heavy (non-hydrogen) atoms. The third kappa shape index (κ3) is 10.9. The number of amides is 1. The first kappa shape index (κ1) is 14.9. The van der Waals surface area contributed by atoms with Crippen LogP contribution in [0.2, 0.25) is 0 Å². The summed E-state index contributed by atoms with van der Waals surface area (Å²) in [4.78, 5) is 21.4. The normalized spacial score (nSPS) is 11.2. The van der Waals surface area contributed by atoms with Gasteiger partial charge in [0.25, 0.3) is 0 Å². The Hall–Kier alpha value is -1.14. The molecule has 0 aliphatic heterocycles. The molecule has 1 amide bonds. The molecule has 0 aromatic heterocycles. The molecule has 0 unspecified atom stereocenters. The molecule has 6 nitrogen and oxygen atoms in total. The second kappa shape index (κ2) is 7.19. The lowest BCUT2D eigenvalue weighted by molar-refractivity contribution is -0.145. The van der Waals surface area contributed by atoms with E-state index in [0.29, 0.717) is 6.61 Å². The van der Waals surface area contributed by atoms with Gasteiger partial charge in [-0.2, -0.15) is 0 Å². The summed E-state index contributed by atoms with van der Waals surface area (Å²) in [5.74, 6) is -0.942. The Labute approximate surface area is 95.5 Å². The maximum absolute atomic E-state index is 11.1. The summed E-state index contributed by atoms with van der Waals surface area (Å²) >= 11 is 0. The minimum absolute atomic E-state index is 0.0293. The molecular weight excluding hydrogens is 212 g/mol. The van der Waals surface area contributed by atoms with Crippen LogP contribution in [0.5, 0.6) is 0 Å². The van der Waals surface area contributed by atoms with Gasteiger partial charge in [-0.3, -0.25) is 14.9 Å². The number of hydrogen-bond acceptors (Lipinski definition) is 5. The number of nitrogens with one attached hydrogen (secondary N) is 1. The second-order valence-electron chi connectivity index (χ2n) is 4.25. The van der Waals surface area contributed by atoms with E-state index in [4.69, 9.17) is 15.2 Å². The number of hydrogen-bond donors (Lipinski definition) is 2. The Bertz CT molecular complexity index is 235. The van der Waals surface area contributed by atoms with Gasteiger partial charge < -0.3 is 15.2 Å². The number of carbonyl (C=O) groups excluding carboxylic acids is 2. The van der Waals surface area contributed by atoms with Crippen molar-refractivity contribution >= 4 is 11.9 Å². The number of esters is 1. The smallest absolute Gasteiger partial charge is 0.320 e. The average molecular weight is 232 g/mol. The molecule has 0 aliphatic carbocycles. The maximum Gasteiger partial charge on any atom is 0.320 e. The zero-order chi connectivity index (χ0) is 12.6. The molecule has 0 saturated heterocycles. The van der Waals surface area contributed by atoms with E-state index in [1.165, 1.54) is 0 Å². The molecule has 0 aliphatic rings. The lowest BCUT2D eigenvalue weighted by Gasteiger charge is -2.19. The van der Waals surface area contributed by atoms with Crippen molar-refractivity contribution in [2.45, 2.75) is 26.4 Å². The van der Waals surface area contributed by atoms with E-state index in [-0.39, 0.29) is 25.3 Å². The summed E-state index contributed by atoms with van der Waals surface area (Å²) in [7, 11) is 0. The highest BCUT2D eigenvalue weighted by Crippen LogP contribution is 2.05. The summed E-state index contributed by atoms with van der Waals surface area (Å²) in [6.45, 7) is 6.25. The zero-order valence-corrected chi connectivity index (χ0v) is 10.0. The summed E-state index contributed by atoms with van der Waals surface area (Å²) in [6, 6.07) is 0. The lowest BCUT2D eigenvalue weighted by Crippen LogP contribution is -2.33. The van der Waals surface area contributed by atoms with Crippen LogP contribution in [-0.4, -0.2) is 43.8 Å². The van der Waals surface area contributed by atoms with Crippen molar-refractivity contribution < 1.29 is 19.1 Å². The van der Waals surface area contributed by atoms with E-state index < -0.39 is 11.9 Å². The Kier molecular flexibility index (Phi) is 6.67. The van der Waals surface area contributed by atoms with Crippen LogP contribution in [0.15, 0.2) is 0 Å². The third-order valence-corrected chi connectivity index (χ3v) is 1.45. The van der Waals surface area contributed by atoms with Crippen molar-refractivity contribution in [3.63, 3.8) is 0 Å². The Morgan fingerprint density at radius 2 is 1.81 bits per heavy atom. The molecule has 0 aromatic rings. The Morgan fingerprint density at radius 1 is 1.19 bits per heavy atom. The summed E-state index contributed by atoms with van der Waals surface area (Å²) in [5.41, 5.74) is 4.64. The number of ether oxygens (including phenoxy) is 2. The largest absolute Gasteiger partial charge is 0.462 e. The second-order valence-corrected chi connectivity index (χ2v) is 4.25. The number of nitrogens with two attached hydrogens (primary N) is 1. The Morgan fingerprint density at radius 3 is 2.31 bits per heavy atom. The van der Waals surface area contributed by atoms with E-state index in [1.54, 1.807) is 0 Å². The third-order valence-electron chi connectivity index (χ3n) is 1.45. The molecule has 0 bridgehead atoms. The molecule has 3 N–H and O–H groups in total. The highest BCUT2D eigenvalue weighted by atomic mass is 16.6. The van der Waals surface area contributed by atoms with Crippen molar-refractivity contribution in [3.8, 4) is 0 Å². The van der Waals surface area contributed by atoms with Gasteiger partial charge in [0.2, 0.25) is 5.91 Å². The predicted octanol–water partition coefficient (Wildman–Crippen LogP) is -0.580. The standard InChI is InChI=1S/C10H20N2O4/c1-10(2,3)16-5-4-15-9(14)7-12-6-8(11)13/h12H,4-7H2,1-3H3,(H2,11,13). The van der Waals surface area contributed by atoms with Crippen LogP contribution in [0.25, 0.3) is 0 Å². The Balaban J connectivity index is 3.41. The van der Waals surface area contributed by atoms with Gasteiger partial charge >= 0.3 is 5.97 Å². The highest BCUT2D eigenvalue weighted by Gasteiger charge is 2.10. The van der Waals surface area contributed by atoms with Crippen molar-refractivity contribution in [1.29, 1.82) is 0 Å². The van der Waals surface area contributed by atoms with Crippen LogP contribution in [-0.2, 0) is 19.1 Å². The van der Waals surface area contributed by atoms with Crippen LogP contribution in [0, 0.1) is 0 Å². The number of carbonyl (C=O) groups is 2. The molecule has 6 heteroatoms. The molecule has 0 fully saturated rings. The molecule has 94 valence electrons. The summed E-state index contributed by atoms with van der Waals surface area (Å²) in [5, 5.41) is 2.55. The van der Waals surface area contributed by atoms with Crippen LogP contribution in [0.1, 0.15) is 20.8 Å². The van der Waals surface area contributed by atoms with Crippen LogP contribution in [0.4, 0.5) is 0 Å². The first-order valence-corrected chi connectivity index (χ1v) is 5.10. The highest BCUT2D eigenvalue weighted by molar-refractivity contribution is 5.77. The van der Waals surface area contributed by atoms with Crippen LogP contribution >= 0.6 is 0 Å². The number of primary amides is 1. The molecule has 0 rings (SSSR count). The van der Waals surface area contributed by atoms with Gasteiger partial charge in [-0.1, -0.05) is 0 Å². The fourth-order valence-corrected chi connectivity index (χ4v) is 0.842. The molecule has 0 heterocycles. The van der Waals surface area contributed by atoms with E-state index in [9.17, 15) is 9.59 Å². The van der Waals surface area contributed by atoms with Crippen LogP contribution < -0.4 is 11.1 Å². The SMILES string of the molecule is CC(C)(C)OCCOC(=O)CNCC(N)=O. The van der Waals surface area contributed by atoms with Gasteiger partial charge in [0.1, 0.15) is 6.61 Å². The number of rotatable bonds is 7. The zero-order valence-electron chi connectivity index (χ0n) is 10.0. The van der Waals surface area contributed by atoms with E-state index in [0.717, 1.165) is 0 Å². The molecule has 0 saturated carbocycles. The molecule has 0 atom stereocenters. The topological polar surface area (TPSA) is 90.7 Å². The van der Waals surface area contributed by atoms with Crippen molar-refractivity contribution in [3.05, 3.63) is 0 Å². The van der Waals surface area contributed by atoms with Crippen LogP contribution in [0.3, 0.4) is 0 Å². The first-order valence-electron chi connectivity index (χ1n) is 5.10. The predicted molar refractivity (Wildman–Crippen MR) is 58.7 cm³/mol. The van der Waals surface area contributed by atoms with Gasteiger partial charge in [-0.25, -0.2) is 0 Å². The van der Waals surface area contributed by atoms with Gasteiger partial charge in [-0.15, -0.1) is 0 Å². The molecule has 0 radical (unpaired) electrons. The van der Waals surface area contributed by atoms with Crippen molar-refractivity contribution in [2.75, 3.05) is 26.3 Å². The fraction of sp³-hybridized carbons (Fsp3) is 0.800. The van der Waals surface area contributed by atoms with Gasteiger partial charge in [0.15, 0.2) is 0 Å².